The molecular weight excluding hydrogens is 429 g/mol. The van der Waals surface area contributed by atoms with Crippen LogP contribution in [0.4, 0.5) is 19.0 Å². The van der Waals surface area contributed by atoms with E-state index in [-0.39, 0.29) is 6.04 Å². The van der Waals surface area contributed by atoms with Gasteiger partial charge in [0.2, 0.25) is 0 Å². The number of rotatable bonds is 4. The SMILES string of the molecule is CC(C)n1nc(-c2cnc(N)c(C(F)(F)F)c2)cc1[C@H]1[C@@H]2CC(N3CCN(C)C[C@@H]3C)C[C@@H]21. The minimum absolute atomic E-state index is 0.132. The second-order valence-electron chi connectivity index (χ2n) is 10.5. The first-order valence-corrected chi connectivity index (χ1v) is 11.9. The summed E-state index contributed by atoms with van der Waals surface area (Å²) in [7, 11) is 2.19. The third-order valence-electron chi connectivity index (χ3n) is 7.89. The summed E-state index contributed by atoms with van der Waals surface area (Å²) in [5.74, 6) is 1.21. The summed E-state index contributed by atoms with van der Waals surface area (Å²) in [6.07, 6.45) is -0.757. The van der Waals surface area contributed by atoms with Gasteiger partial charge in [0.05, 0.1) is 11.3 Å². The quantitative estimate of drug-likeness (QED) is 0.736. The van der Waals surface area contributed by atoms with Crippen LogP contribution in [0.3, 0.4) is 0 Å². The minimum atomic E-state index is -4.54. The molecule has 3 aliphatic rings. The topological polar surface area (TPSA) is 63.2 Å². The van der Waals surface area contributed by atoms with E-state index in [1.165, 1.54) is 19.0 Å². The molecule has 5 rings (SSSR count). The van der Waals surface area contributed by atoms with Crippen molar-refractivity contribution in [1.29, 1.82) is 0 Å². The van der Waals surface area contributed by atoms with Gasteiger partial charge in [-0.1, -0.05) is 0 Å². The van der Waals surface area contributed by atoms with Crippen molar-refractivity contribution in [3.05, 3.63) is 29.6 Å². The Morgan fingerprint density at radius 1 is 1.12 bits per heavy atom. The first kappa shape index (κ1) is 22.7. The molecule has 3 heterocycles. The third-order valence-corrected chi connectivity index (χ3v) is 7.89. The van der Waals surface area contributed by atoms with E-state index in [9.17, 15) is 13.2 Å². The highest BCUT2D eigenvalue weighted by atomic mass is 19.4. The summed E-state index contributed by atoms with van der Waals surface area (Å²) in [4.78, 5) is 8.89. The van der Waals surface area contributed by atoms with Gasteiger partial charge in [0.15, 0.2) is 0 Å². The lowest BCUT2D eigenvalue weighted by Gasteiger charge is -2.42. The van der Waals surface area contributed by atoms with Gasteiger partial charge in [-0.2, -0.15) is 18.3 Å². The maximum atomic E-state index is 13.3. The Kier molecular flexibility index (Phi) is 5.47. The minimum Gasteiger partial charge on any atom is -0.383 e. The average Bonchev–Trinajstić information content (AvgIpc) is 3.07. The summed E-state index contributed by atoms with van der Waals surface area (Å²) in [5.41, 5.74) is 6.61. The molecule has 0 radical (unpaired) electrons. The lowest BCUT2D eigenvalue weighted by Crippen LogP contribution is -2.54. The van der Waals surface area contributed by atoms with E-state index in [2.05, 4.69) is 42.6 Å². The summed E-state index contributed by atoms with van der Waals surface area (Å²) >= 11 is 0. The highest BCUT2D eigenvalue weighted by Crippen LogP contribution is 2.64. The lowest BCUT2D eigenvalue weighted by molar-refractivity contribution is -0.137. The average molecular weight is 463 g/mol. The maximum absolute atomic E-state index is 13.3. The standard InChI is InChI=1S/C24H33F3N6/c1-13(2)33-21(10-20(30-33)15-7-19(24(25,26)27)23(28)29-11-15)22-17-8-16(9-18(17)22)32-6-5-31(4)12-14(32)3/h7,10-11,13-14,16-18,22H,5-6,8-9,12H2,1-4H3,(H2,28,29)/t14-,16?,17-,18+,22+/m0/s1. The van der Waals surface area contributed by atoms with Gasteiger partial charge >= 0.3 is 6.18 Å². The Morgan fingerprint density at radius 3 is 2.42 bits per heavy atom. The van der Waals surface area contributed by atoms with Crippen molar-refractivity contribution in [2.45, 2.75) is 63.8 Å². The zero-order valence-corrected chi connectivity index (χ0v) is 19.7. The molecule has 33 heavy (non-hydrogen) atoms. The number of anilines is 1. The number of hydrogen-bond donors (Lipinski definition) is 1. The Labute approximate surface area is 192 Å². The van der Waals surface area contributed by atoms with Crippen LogP contribution in [0.25, 0.3) is 11.3 Å². The summed E-state index contributed by atoms with van der Waals surface area (Å²) < 4.78 is 42.0. The van der Waals surface area contributed by atoms with Crippen molar-refractivity contribution >= 4 is 5.82 Å². The molecule has 0 spiro atoms. The molecule has 0 aromatic carbocycles. The number of nitrogen functional groups attached to an aromatic ring is 1. The number of nitrogens with zero attached hydrogens (tertiary/aromatic N) is 5. The van der Waals surface area contributed by atoms with Gasteiger partial charge < -0.3 is 10.6 Å². The molecule has 1 unspecified atom stereocenters. The highest BCUT2D eigenvalue weighted by molar-refractivity contribution is 5.63. The molecule has 180 valence electrons. The highest BCUT2D eigenvalue weighted by Gasteiger charge is 2.59. The normalized spacial score (nSPS) is 30.7. The largest absolute Gasteiger partial charge is 0.419 e. The number of fused-ring (bicyclic) bond motifs is 1. The van der Waals surface area contributed by atoms with Crippen molar-refractivity contribution in [3.8, 4) is 11.3 Å². The Morgan fingerprint density at radius 2 is 1.82 bits per heavy atom. The molecule has 2 aromatic rings. The third kappa shape index (κ3) is 4.03. The summed E-state index contributed by atoms with van der Waals surface area (Å²) in [6, 6.07) is 4.40. The second kappa shape index (κ2) is 7.98. The Bertz CT molecular complexity index is 1020. The number of halogens is 3. The molecule has 2 N–H and O–H groups in total. The van der Waals surface area contributed by atoms with E-state index in [4.69, 9.17) is 10.8 Å². The van der Waals surface area contributed by atoms with E-state index >= 15 is 0 Å². The van der Waals surface area contributed by atoms with E-state index in [0.717, 1.165) is 31.4 Å². The van der Waals surface area contributed by atoms with Crippen LogP contribution in [0, 0.1) is 11.8 Å². The molecule has 2 aliphatic carbocycles. The second-order valence-corrected chi connectivity index (χ2v) is 10.5. The van der Waals surface area contributed by atoms with E-state index in [1.807, 2.05) is 10.7 Å². The van der Waals surface area contributed by atoms with Crippen LogP contribution < -0.4 is 5.73 Å². The van der Waals surface area contributed by atoms with Crippen LogP contribution in [0.2, 0.25) is 0 Å². The Hall–Kier alpha value is -2.13. The first-order chi connectivity index (χ1) is 15.5. The smallest absolute Gasteiger partial charge is 0.383 e. The van der Waals surface area contributed by atoms with Crippen LogP contribution in [-0.4, -0.2) is 63.3 Å². The molecule has 0 amide bonds. The molecule has 0 bridgehead atoms. The molecule has 9 heteroatoms. The van der Waals surface area contributed by atoms with Gasteiger partial charge in [-0.25, -0.2) is 4.98 Å². The van der Waals surface area contributed by atoms with Crippen LogP contribution in [0.15, 0.2) is 18.3 Å². The zero-order chi connectivity index (χ0) is 23.7. The van der Waals surface area contributed by atoms with Crippen LogP contribution in [0.1, 0.15) is 56.8 Å². The molecule has 5 atom stereocenters. The van der Waals surface area contributed by atoms with Gasteiger partial charge in [0.25, 0.3) is 0 Å². The van der Waals surface area contributed by atoms with Gasteiger partial charge in [-0.05, 0) is 64.6 Å². The van der Waals surface area contributed by atoms with Crippen molar-refractivity contribution in [1.82, 2.24) is 24.6 Å². The van der Waals surface area contributed by atoms with Crippen molar-refractivity contribution < 1.29 is 13.2 Å². The van der Waals surface area contributed by atoms with Crippen molar-refractivity contribution in [2.75, 3.05) is 32.4 Å². The fourth-order valence-electron chi connectivity index (χ4n) is 6.27. The van der Waals surface area contributed by atoms with Gasteiger partial charge in [0.1, 0.15) is 5.82 Å². The predicted octanol–water partition coefficient (Wildman–Crippen LogP) is 4.25. The number of hydrogen-bond acceptors (Lipinski definition) is 5. The monoisotopic (exact) mass is 462 g/mol. The van der Waals surface area contributed by atoms with E-state index in [1.54, 1.807) is 0 Å². The number of piperazine rings is 1. The maximum Gasteiger partial charge on any atom is 0.419 e. The molecule has 6 nitrogen and oxygen atoms in total. The summed E-state index contributed by atoms with van der Waals surface area (Å²) in [6.45, 7) is 9.83. The Balaban J connectivity index is 1.36. The van der Waals surface area contributed by atoms with E-state index in [0.29, 0.717) is 41.1 Å². The number of nitrogens with two attached hydrogens (primary N) is 1. The first-order valence-electron chi connectivity index (χ1n) is 11.9. The van der Waals surface area contributed by atoms with E-state index < -0.39 is 17.6 Å². The lowest BCUT2D eigenvalue weighted by atomic mass is 10.00. The van der Waals surface area contributed by atoms with Crippen LogP contribution in [-0.2, 0) is 6.18 Å². The van der Waals surface area contributed by atoms with Gasteiger partial charge in [0, 0.05) is 61.1 Å². The molecule has 2 saturated carbocycles. The molecule has 1 aliphatic heterocycles. The van der Waals surface area contributed by atoms with Crippen molar-refractivity contribution in [2.24, 2.45) is 11.8 Å². The van der Waals surface area contributed by atoms with Gasteiger partial charge in [-0.3, -0.25) is 9.58 Å². The van der Waals surface area contributed by atoms with Crippen molar-refractivity contribution in [3.63, 3.8) is 0 Å². The molecular formula is C24H33F3N6. The molecule has 3 fully saturated rings. The zero-order valence-electron chi connectivity index (χ0n) is 19.7. The van der Waals surface area contributed by atoms with Gasteiger partial charge in [-0.15, -0.1) is 0 Å². The molecule has 2 aromatic heterocycles. The fraction of sp³-hybridized carbons (Fsp3) is 0.667. The number of likely N-dealkylation sites (N-methyl/N-ethyl adjacent to an activating group) is 1. The fourth-order valence-corrected chi connectivity index (χ4v) is 6.27. The number of alkyl halides is 3. The van der Waals surface area contributed by atoms with Crippen LogP contribution in [0.5, 0.6) is 0 Å². The summed E-state index contributed by atoms with van der Waals surface area (Å²) in [5, 5.41) is 4.70. The van der Waals surface area contributed by atoms with Crippen LogP contribution >= 0.6 is 0 Å². The molecule has 1 saturated heterocycles. The number of aromatic nitrogens is 3. The number of pyridine rings is 1. The predicted molar refractivity (Wildman–Crippen MR) is 122 cm³/mol.